The van der Waals surface area contributed by atoms with Crippen LogP contribution in [0.15, 0.2) is 0 Å². The van der Waals surface area contributed by atoms with Crippen molar-refractivity contribution in [2.24, 2.45) is 35.5 Å². The van der Waals surface area contributed by atoms with Gasteiger partial charge in [-0.25, -0.2) is 0 Å². The van der Waals surface area contributed by atoms with Gasteiger partial charge < -0.3 is 0 Å². The van der Waals surface area contributed by atoms with Crippen LogP contribution in [0.3, 0.4) is 0 Å². The van der Waals surface area contributed by atoms with Crippen LogP contribution in [0.5, 0.6) is 0 Å². The molecule has 0 spiro atoms. The van der Waals surface area contributed by atoms with Crippen molar-refractivity contribution < 1.29 is 0 Å². The quantitative estimate of drug-likeness (QED) is 0.556. The maximum Gasteiger partial charge on any atom is 0.150 e. The number of fused-ring (bicyclic) bond motifs is 6. The van der Waals surface area contributed by atoms with Crippen molar-refractivity contribution in [3.63, 3.8) is 0 Å². The lowest BCUT2D eigenvalue weighted by molar-refractivity contribution is 0.405. The Bertz CT molecular complexity index is 392. The second-order valence-corrected chi connectivity index (χ2v) is 10.6. The van der Waals surface area contributed by atoms with Crippen LogP contribution in [0.2, 0.25) is 17.5 Å². The molecule has 0 aromatic heterocycles. The van der Waals surface area contributed by atoms with Crippen LogP contribution in [-0.2, 0) is 0 Å². The minimum atomic E-state index is 1.16. The highest BCUT2D eigenvalue weighted by Gasteiger charge is 2.57. The molecule has 0 aromatic rings. The summed E-state index contributed by atoms with van der Waals surface area (Å²) in [5.74, 6) is 10.6. The van der Waals surface area contributed by atoms with Gasteiger partial charge in [0, 0.05) is 0 Å². The van der Waals surface area contributed by atoms with E-state index in [1.807, 2.05) is 0 Å². The van der Waals surface area contributed by atoms with Crippen molar-refractivity contribution in [3.05, 3.63) is 0 Å². The standard InChI is InChI=1S/C21H33B/c1-4-16-7-13(1)10-19(16)22(20-11-14-2-5-17(20)8-14)21-12-15-3-6-18(21)9-15/h13-21H,1-12H2/t13-,14-,15+,16+,17+,18?,19+,20+,21+/m0/s1. The van der Waals surface area contributed by atoms with E-state index in [9.17, 15) is 0 Å². The molecule has 0 aromatic carbocycles. The minimum absolute atomic E-state index is 1.16. The summed E-state index contributed by atoms with van der Waals surface area (Å²) in [6, 6.07) is 0. The predicted octanol–water partition coefficient (Wildman–Crippen LogP) is 6.05. The van der Waals surface area contributed by atoms with E-state index in [0.29, 0.717) is 0 Å². The second-order valence-electron chi connectivity index (χ2n) is 10.6. The van der Waals surface area contributed by atoms with Crippen LogP contribution >= 0.6 is 0 Å². The zero-order valence-corrected chi connectivity index (χ0v) is 14.3. The highest BCUT2D eigenvalue weighted by Crippen LogP contribution is 2.66. The van der Waals surface area contributed by atoms with Crippen molar-refractivity contribution in [1.29, 1.82) is 0 Å². The van der Waals surface area contributed by atoms with Crippen molar-refractivity contribution in [3.8, 4) is 0 Å². The molecule has 0 radical (unpaired) electrons. The maximum atomic E-state index is 1.66. The predicted molar refractivity (Wildman–Crippen MR) is 93.3 cm³/mol. The Morgan fingerprint density at radius 1 is 0.409 bits per heavy atom. The Hall–Kier alpha value is 0.0649. The molecule has 0 aliphatic heterocycles. The molecule has 0 nitrogen and oxygen atoms in total. The largest absolute Gasteiger partial charge is 0.150 e. The monoisotopic (exact) mass is 296 g/mol. The third-order valence-corrected chi connectivity index (χ3v) is 9.86. The Labute approximate surface area is 137 Å². The molecule has 0 saturated heterocycles. The molecule has 6 rings (SSSR count). The molecule has 0 heterocycles. The van der Waals surface area contributed by atoms with Crippen molar-refractivity contribution in [1.82, 2.24) is 0 Å². The van der Waals surface area contributed by atoms with E-state index in [0.717, 1.165) is 17.8 Å². The molecule has 1 unspecified atom stereocenters. The third kappa shape index (κ3) is 1.83. The van der Waals surface area contributed by atoms with Gasteiger partial charge in [0.05, 0.1) is 0 Å². The van der Waals surface area contributed by atoms with Gasteiger partial charge in [-0.1, -0.05) is 75.2 Å². The first kappa shape index (κ1) is 13.4. The average Bonchev–Trinajstić information content (AvgIpc) is 3.32. The summed E-state index contributed by atoms with van der Waals surface area (Å²) >= 11 is 0. The molecule has 0 amide bonds. The normalized spacial score (nSPS) is 58.1. The molecule has 6 aliphatic rings. The van der Waals surface area contributed by atoms with Crippen molar-refractivity contribution >= 4 is 6.71 Å². The smallest absolute Gasteiger partial charge is 0.0585 e. The summed E-state index contributed by atoms with van der Waals surface area (Å²) in [7, 11) is 0. The number of hydrogen-bond acceptors (Lipinski definition) is 0. The van der Waals surface area contributed by atoms with Crippen LogP contribution in [0, 0.1) is 35.5 Å². The molecule has 6 saturated carbocycles. The summed E-state index contributed by atoms with van der Waals surface area (Å²) in [6.45, 7) is 1.20. The third-order valence-electron chi connectivity index (χ3n) is 9.86. The molecule has 120 valence electrons. The van der Waals surface area contributed by atoms with E-state index in [1.165, 1.54) is 41.9 Å². The van der Waals surface area contributed by atoms with Crippen LogP contribution in [0.4, 0.5) is 0 Å². The first-order valence-electron chi connectivity index (χ1n) is 10.8. The van der Waals surface area contributed by atoms with E-state index < -0.39 is 0 Å². The summed E-state index contributed by atoms with van der Waals surface area (Å²) in [4.78, 5) is 0. The summed E-state index contributed by atoms with van der Waals surface area (Å²) < 4.78 is 0. The fourth-order valence-corrected chi connectivity index (χ4v) is 9.25. The van der Waals surface area contributed by atoms with Gasteiger partial charge in [-0.15, -0.1) is 0 Å². The van der Waals surface area contributed by atoms with Crippen LogP contribution in [-0.4, -0.2) is 6.71 Å². The van der Waals surface area contributed by atoms with Crippen molar-refractivity contribution in [2.75, 3.05) is 0 Å². The van der Waals surface area contributed by atoms with E-state index in [4.69, 9.17) is 0 Å². The van der Waals surface area contributed by atoms with Gasteiger partial charge in [0.15, 0.2) is 0 Å². The number of rotatable bonds is 3. The lowest BCUT2D eigenvalue weighted by Gasteiger charge is -2.42. The summed E-state index contributed by atoms with van der Waals surface area (Å²) in [5.41, 5.74) is 0. The highest BCUT2D eigenvalue weighted by molar-refractivity contribution is 6.64. The minimum Gasteiger partial charge on any atom is -0.0585 e. The second kappa shape index (κ2) is 4.79. The van der Waals surface area contributed by atoms with Gasteiger partial charge in [0.2, 0.25) is 0 Å². The van der Waals surface area contributed by atoms with Crippen LogP contribution in [0.25, 0.3) is 0 Å². The van der Waals surface area contributed by atoms with Crippen LogP contribution < -0.4 is 0 Å². The Morgan fingerprint density at radius 3 is 1.00 bits per heavy atom. The zero-order chi connectivity index (χ0) is 14.3. The van der Waals surface area contributed by atoms with E-state index in [2.05, 4.69) is 0 Å². The van der Waals surface area contributed by atoms with Crippen molar-refractivity contribution in [2.45, 2.75) is 94.5 Å². The molecule has 0 N–H and O–H groups in total. The van der Waals surface area contributed by atoms with Gasteiger partial charge in [0.25, 0.3) is 0 Å². The Kier molecular flexibility index (Phi) is 2.91. The van der Waals surface area contributed by atoms with Gasteiger partial charge >= 0.3 is 0 Å². The van der Waals surface area contributed by atoms with Gasteiger partial charge in [-0.3, -0.25) is 0 Å². The average molecular weight is 296 g/mol. The summed E-state index contributed by atoms with van der Waals surface area (Å²) in [6.07, 6.45) is 19.6. The van der Waals surface area contributed by atoms with E-state index in [-0.39, 0.29) is 0 Å². The molecule has 1 heteroatoms. The highest BCUT2D eigenvalue weighted by atomic mass is 14.5. The lowest BCUT2D eigenvalue weighted by atomic mass is 9.23. The topological polar surface area (TPSA) is 0 Å². The van der Waals surface area contributed by atoms with Crippen LogP contribution in [0.1, 0.15) is 77.0 Å². The molecule has 9 atom stereocenters. The summed E-state index contributed by atoms with van der Waals surface area (Å²) in [5, 5.41) is 0. The Morgan fingerprint density at radius 2 is 0.773 bits per heavy atom. The maximum absolute atomic E-state index is 1.66. The van der Waals surface area contributed by atoms with Gasteiger partial charge in [-0.05, 0) is 54.8 Å². The molecule has 6 fully saturated rings. The lowest BCUT2D eigenvalue weighted by Crippen LogP contribution is -2.39. The molecule has 22 heavy (non-hydrogen) atoms. The molecule has 6 aliphatic carbocycles. The van der Waals surface area contributed by atoms with E-state index in [1.54, 1.807) is 77.0 Å². The zero-order valence-electron chi connectivity index (χ0n) is 14.3. The first-order chi connectivity index (χ1) is 10.8. The fourth-order valence-electron chi connectivity index (χ4n) is 9.25. The molecular formula is C21H33B. The Balaban J connectivity index is 1.32. The molecular weight excluding hydrogens is 263 g/mol. The number of hydrogen-bond donors (Lipinski definition) is 0. The van der Waals surface area contributed by atoms with Gasteiger partial charge in [-0.2, -0.15) is 0 Å². The fraction of sp³-hybridized carbons (Fsp3) is 1.00. The van der Waals surface area contributed by atoms with Gasteiger partial charge in [0.1, 0.15) is 6.71 Å². The first-order valence-corrected chi connectivity index (χ1v) is 10.8. The SMILES string of the molecule is C1C[C@@H]2CC1[C@H](B([C@@H]1C[C@H]3CC[C@@H]1C3)[C@@H]1C[C@H]3CC[C@@H]1C3)C2. The van der Waals surface area contributed by atoms with E-state index >= 15 is 0 Å². The molecule has 6 bridgehead atoms.